The predicted molar refractivity (Wildman–Crippen MR) is 145 cm³/mol. The van der Waals surface area contributed by atoms with Crippen LogP contribution in [0.15, 0.2) is 91.1 Å². The van der Waals surface area contributed by atoms with Crippen molar-refractivity contribution in [2.24, 2.45) is 0 Å². The van der Waals surface area contributed by atoms with Crippen LogP contribution in [0.4, 0.5) is 0 Å². The molecular formula is C31H31N3O2. The van der Waals surface area contributed by atoms with Gasteiger partial charge in [0, 0.05) is 37.0 Å². The highest BCUT2D eigenvalue weighted by atomic mass is 16.5. The summed E-state index contributed by atoms with van der Waals surface area (Å²) in [6, 6.07) is 26.8. The number of methoxy groups -OCH3 is 2. The average Bonchev–Trinajstić information content (AvgIpc) is 2.97. The highest BCUT2D eigenvalue weighted by molar-refractivity contribution is 5.81. The predicted octanol–water partition coefficient (Wildman–Crippen LogP) is 6.16. The number of ether oxygens (including phenoxy) is 2. The fraction of sp³-hybridized carbons (Fsp3) is 0.226. The third-order valence-electron chi connectivity index (χ3n) is 6.69. The normalized spacial score (nSPS) is 13.8. The highest BCUT2D eigenvalue weighted by Gasteiger charge is 2.18. The first kappa shape index (κ1) is 23.8. The molecule has 0 fully saturated rings. The van der Waals surface area contributed by atoms with E-state index in [9.17, 15) is 0 Å². The first-order chi connectivity index (χ1) is 17.7. The van der Waals surface area contributed by atoms with Crippen LogP contribution in [-0.2, 0) is 6.42 Å². The SMILES string of the molecule is COc1ccc(-c2cnc(C3=CCN(CCc4ccccc4)CC3)nc2-c2ccc(OC)cc2)cc1. The largest absolute Gasteiger partial charge is 0.497 e. The van der Waals surface area contributed by atoms with Crippen molar-refractivity contribution in [2.75, 3.05) is 33.9 Å². The van der Waals surface area contributed by atoms with Crippen LogP contribution in [0, 0.1) is 0 Å². The monoisotopic (exact) mass is 477 g/mol. The molecule has 5 heteroatoms. The van der Waals surface area contributed by atoms with Gasteiger partial charge in [0.25, 0.3) is 0 Å². The van der Waals surface area contributed by atoms with Crippen molar-refractivity contribution in [3.8, 4) is 33.9 Å². The number of benzene rings is 3. The topological polar surface area (TPSA) is 47.5 Å². The number of hydrogen-bond acceptors (Lipinski definition) is 5. The molecule has 5 rings (SSSR count). The summed E-state index contributed by atoms with van der Waals surface area (Å²) in [7, 11) is 3.36. The van der Waals surface area contributed by atoms with Gasteiger partial charge in [-0.05, 0) is 65.9 Å². The molecule has 0 aliphatic carbocycles. The maximum absolute atomic E-state index is 5.36. The number of rotatable bonds is 8. The fourth-order valence-electron chi connectivity index (χ4n) is 4.54. The number of nitrogens with zero attached hydrogens (tertiary/aromatic N) is 3. The summed E-state index contributed by atoms with van der Waals surface area (Å²) in [5.74, 6) is 2.46. The second kappa shape index (κ2) is 11.2. The number of aromatic nitrogens is 2. The molecule has 1 aliphatic rings. The second-order valence-electron chi connectivity index (χ2n) is 8.93. The summed E-state index contributed by atoms with van der Waals surface area (Å²) < 4.78 is 10.7. The lowest BCUT2D eigenvalue weighted by molar-refractivity contribution is 0.305. The van der Waals surface area contributed by atoms with Crippen LogP contribution in [0.25, 0.3) is 28.0 Å². The van der Waals surface area contributed by atoms with E-state index in [0.717, 1.165) is 72.2 Å². The first-order valence-electron chi connectivity index (χ1n) is 12.3. The molecule has 0 saturated carbocycles. The van der Waals surface area contributed by atoms with Gasteiger partial charge in [0.05, 0.1) is 19.9 Å². The summed E-state index contributed by atoms with van der Waals surface area (Å²) in [6.07, 6.45) is 6.25. The van der Waals surface area contributed by atoms with Crippen LogP contribution >= 0.6 is 0 Å². The number of hydrogen-bond donors (Lipinski definition) is 0. The van der Waals surface area contributed by atoms with Crippen LogP contribution in [-0.4, -0.2) is 48.7 Å². The van der Waals surface area contributed by atoms with Crippen molar-refractivity contribution in [1.29, 1.82) is 0 Å². The Kier molecular flexibility index (Phi) is 7.39. The molecule has 1 aromatic heterocycles. The van der Waals surface area contributed by atoms with Gasteiger partial charge in [0.2, 0.25) is 0 Å². The lowest BCUT2D eigenvalue weighted by Crippen LogP contribution is -2.30. The summed E-state index contributed by atoms with van der Waals surface area (Å²) in [6.45, 7) is 2.99. The van der Waals surface area contributed by atoms with Crippen molar-refractivity contribution in [1.82, 2.24) is 14.9 Å². The van der Waals surface area contributed by atoms with Crippen LogP contribution in [0.1, 0.15) is 17.8 Å². The third-order valence-corrected chi connectivity index (χ3v) is 6.69. The van der Waals surface area contributed by atoms with Gasteiger partial charge in [-0.2, -0.15) is 0 Å². The maximum Gasteiger partial charge on any atom is 0.155 e. The van der Waals surface area contributed by atoms with E-state index in [0.29, 0.717) is 0 Å². The first-order valence-corrected chi connectivity index (χ1v) is 12.3. The van der Waals surface area contributed by atoms with Gasteiger partial charge < -0.3 is 9.47 Å². The Bertz CT molecular complexity index is 1320. The minimum atomic E-state index is 0.806. The zero-order valence-electron chi connectivity index (χ0n) is 20.9. The Labute approximate surface area is 213 Å². The maximum atomic E-state index is 5.36. The Morgan fingerprint density at radius 1 is 0.806 bits per heavy atom. The van der Waals surface area contributed by atoms with Crippen LogP contribution in [0.5, 0.6) is 11.5 Å². The van der Waals surface area contributed by atoms with Gasteiger partial charge in [0.15, 0.2) is 5.82 Å². The fourth-order valence-corrected chi connectivity index (χ4v) is 4.54. The van der Waals surface area contributed by atoms with Gasteiger partial charge in [-0.1, -0.05) is 48.5 Å². The van der Waals surface area contributed by atoms with E-state index in [2.05, 4.69) is 65.6 Å². The summed E-state index contributed by atoms with van der Waals surface area (Å²) in [5, 5.41) is 0. The molecule has 0 unspecified atom stereocenters. The van der Waals surface area contributed by atoms with E-state index in [-0.39, 0.29) is 0 Å². The molecule has 36 heavy (non-hydrogen) atoms. The van der Waals surface area contributed by atoms with E-state index in [4.69, 9.17) is 19.4 Å². The molecule has 3 aromatic carbocycles. The lowest BCUT2D eigenvalue weighted by atomic mass is 9.99. The molecule has 0 amide bonds. The standard InChI is InChI=1S/C31H31N3O2/c1-35-27-12-8-24(9-13-27)29-22-32-31(33-30(29)25-10-14-28(36-2)15-11-25)26-17-20-34(21-18-26)19-16-23-6-4-3-5-7-23/h3-15,17,22H,16,18-21H2,1-2H3. The molecule has 5 nitrogen and oxygen atoms in total. The van der Waals surface area contributed by atoms with E-state index in [1.807, 2.05) is 30.5 Å². The van der Waals surface area contributed by atoms with Gasteiger partial charge in [0.1, 0.15) is 11.5 Å². The molecule has 182 valence electrons. The van der Waals surface area contributed by atoms with Gasteiger partial charge in [-0.25, -0.2) is 9.97 Å². The minimum Gasteiger partial charge on any atom is -0.497 e. The van der Waals surface area contributed by atoms with Gasteiger partial charge in [-0.3, -0.25) is 4.90 Å². The molecule has 2 heterocycles. The Morgan fingerprint density at radius 2 is 1.47 bits per heavy atom. The smallest absolute Gasteiger partial charge is 0.155 e. The lowest BCUT2D eigenvalue weighted by Gasteiger charge is -2.26. The molecule has 0 spiro atoms. The van der Waals surface area contributed by atoms with Crippen molar-refractivity contribution >= 4 is 5.57 Å². The van der Waals surface area contributed by atoms with Gasteiger partial charge in [-0.15, -0.1) is 0 Å². The van der Waals surface area contributed by atoms with Crippen LogP contribution < -0.4 is 9.47 Å². The van der Waals surface area contributed by atoms with Crippen molar-refractivity contribution in [2.45, 2.75) is 12.8 Å². The second-order valence-corrected chi connectivity index (χ2v) is 8.93. The molecular weight excluding hydrogens is 446 g/mol. The quantitative estimate of drug-likeness (QED) is 0.304. The Balaban J connectivity index is 1.40. The van der Waals surface area contributed by atoms with Crippen molar-refractivity contribution in [3.05, 3.63) is 103 Å². The minimum absolute atomic E-state index is 0.806. The molecule has 0 saturated heterocycles. The van der Waals surface area contributed by atoms with Crippen LogP contribution in [0.3, 0.4) is 0 Å². The molecule has 0 atom stereocenters. The van der Waals surface area contributed by atoms with Gasteiger partial charge >= 0.3 is 0 Å². The van der Waals surface area contributed by atoms with E-state index in [1.54, 1.807) is 14.2 Å². The average molecular weight is 478 g/mol. The summed E-state index contributed by atoms with van der Waals surface area (Å²) >= 11 is 0. The summed E-state index contributed by atoms with van der Waals surface area (Å²) in [5.41, 5.74) is 6.59. The van der Waals surface area contributed by atoms with E-state index >= 15 is 0 Å². The van der Waals surface area contributed by atoms with Crippen molar-refractivity contribution in [3.63, 3.8) is 0 Å². The van der Waals surface area contributed by atoms with E-state index < -0.39 is 0 Å². The molecule has 1 aliphatic heterocycles. The van der Waals surface area contributed by atoms with Crippen LogP contribution in [0.2, 0.25) is 0 Å². The molecule has 0 bridgehead atoms. The highest BCUT2D eigenvalue weighted by Crippen LogP contribution is 2.33. The Hall–Kier alpha value is -3.96. The summed E-state index contributed by atoms with van der Waals surface area (Å²) in [4.78, 5) is 12.4. The Morgan fingerprint density at radius 3 is 2.08 bits per heavy atom. The molecule has 0 radical (unpaired) electrons. The third kappa shape index (κ3) is 5.47. The van der Waals surface area contributed by atoms with Crippen molar-refractivity contribution < 1.29 is 9.47 Å². The molecule has 4 aromatic rings. The molecule has 0 N–H and O–H groups in total. The zero-order chi connectivity index (χ0) is 24.7. The van der Waals surface area contributed by atoms with E-state index in [1.165, 1.54) is 11.1 Å². The zero-order valence-corrected chi connectivity index (χ0v) is 20.9.